The molecule has 0 aromatic carbocycles. The normalized spacial score (nSPS) is 14.5. The van der Waals surface area contributed by atoms with Crippen LogP contribution in [-0.2, 0) is 14.9 Å². The maximum atomic E-state index is 10.7. The topological polar surface area (TPSA) is 71.4 Å². The zero-order chi connectivity index (χ0) is 9.07. The van der Waals surface area contributed by atoms with Crippen LogP contribution < -0.4 is 0 Å². The van der Waals surface area contributed by atoms with E-state index < -0.39 is 21.8 Å². The molecule has 0 aromatic heterocycles. The van der Waals surface area contributed by atoms with Gasteiger partial charge in [0.05, 0.1) is 5.75 Å². The molecule has 0 amide bonds. The summed E-state index contributed by atoms with van der Waals surface area (Å²) in [5.74, 6) is -1.23. The largest absolute Gasteiger partial charge is 0.300 e. The number of hydrogen-bond acceptors (Lipinski definition) is 3. The summed E-state index contributed by atoms with van der Waals surface area (Å²) in [6.45, 7) is 3.02. The van der Waals surface area contributed by atoms with E-state index in [4.69, 9.17) is 4.55 Å². The molecule has 0 saturated carbocycles. The van der Waals surface area contributed by atoms with Crippen molar-refractivity contribution in [1.82, 2.24) is 0 Å². The SMILES string of the molecule is CCC(CS(=O)(=O)O)C(C)=O. The van der Waals surface area contributed by atoms with Crippen molar-refractivity contribution >= 4 is 15.9 Å². The number of Topliss-reactive ketones (excluding diaryl/α,β-unsaturated/α-hetero) is 1. The van der Waals surface area contributed by atoms with Crippen LogP contribution in [0.2, 0.25) is 0 Å². The monoisotopic (exact) mass is 180 g/mol. The Morgan fingerprint density at radius 1 is 1.55 bits per heavy atom. The van der Waals surface area contributed by atoms with Crippen LogP contribution in [0.1, 0.15) is 20.3 Å². The molecule has 4 nitrogen and oxygen atoms in total. The third kappa shape index (κ3) is 4.92. The molecule has 0 aliphatic heterocycles. The molecule has 0 aromatic rings. The third-order valence-corrected chi connectivity index (χ3v) is 2.30. The van der Waals surface area contributed by atoms with E-state index >= 15 is 0 Å². The summed E-state index contributed by atoms with van der Waals surface area (Å²) in [6, 6.07) is 0. The first-order valence-electron chi connectivity index (χ1n) is 3.32. The number of rotatable bonds is 4. The average Bonchev–Trinajstić information content (AvgIpc) is 1.80. The van der Waals surface area contributed by atoms with Crippen molar-refractivity contribution in [1.29, 1.82) is 0 Å². The number of carbonyl (C=O) groups excluding carboxylic acids is 1. The van der Waals surface area contributed by atoms with Crippen molar-refractivity contribution in [2.24, 2.45) is 5.92 Å². The van der Waals surface area contributed by atoms with Gasteiger partial charge in [0.15, 0.2) is 0 Å². The summed E-state index contributed by atoms with van der Waals surface area (Å²) in [5, 5.41) is 0. The third-order valence-electron chi connectivity index (χ3n) is 1.48. The lowest BCUT2D eigenvalue weighted by Crippen LogP contribution is -2.20. The van der Waals surface area contributed by atoms with Crippen molar-refractivity contribution in [3.05, 3.63) is 0 Å². The minimum absolute atomic E-state index is 0.204. The molecule has 0 aliphatic carbocycles. The molecule has 0 bridgehead atoms. The van der Waals surface area contributed by atoms with Gasteiger partial charge in [-0.15, -0.1) is 0 Å². The van der Waals surface area contributed by atoms with E-state index in [1.54, 1.807) is 6.92 Å². The first kappa shape index (κ1) is 10.6. The van der Waals surface area contributed by atoms with Crippen LogP contribution in [0, 0.1) is 5.92 Å². The predicted octanol–water partition coefficient (Wildman–Crippen LogP) is 0.489. The number of hydrogen-bond donors (Lipinski definition) is 1. The first-order chi connectivity index (χ1) is 4.87. The van der Waals surface area contributed by atoms with Crippen molar-refractivity contribution in [3.63, 3.8) is 0 Å². The zero-order valence-electron chi connectivity index (χ0n) is 6.57. The fourth-order valence-electron chi connectivity index (χ4n) is 0.777. The molecule has 0 radical (unpaired) electrons. The second-order valence-corrected chi connectivity index (χ2v) is 3.96. The Labute approximate surface area is 66.4 Å². The quantitative estimate of drug-likeness (QED) is 0.639. The number of ketones is 1. The van der Waals surface area contributed by atoms with Crippen LogP contribution in [0.5, 0.6) is 0 Å². The van der Waals surface area contributed by atoms with Gasteiger partial charge in [-0.2, -0.15) is 8.42 Å². The molecule has 66 valence electrons. The Kier molecular flexibility index (Phi) is 3.68. The Morgan fingerprint density at radius 2 is 2.00 bits per heavy atom. The zero-order valence-corrected chi connectivity index (χ0v) is 7.39. The molecule has 0 spiro atoms. The second kappa shape index (κ2) is 3.82. The van der Waals surface area contributed by atoms with Crippen LogP contribution in [0.15, 0.2) is 0 Å². The van der Waals surface area contributed by atoms with Crippen LogP contribution in [0.3, 0.4) is 0 Å². The average molecular weight is 180 g/mol. The smallest absolute Gasteiger partial charge is 0.265 e. The van der Waals surface area contributed by atoms with Crippen LogP contribution in [0.25, 0.3) is 0 Å². The summed E-state index contributed by atoms with van der Waals surface area (Å²) >= 11 is 0. The summed E-state index contributed by atoms with van der Waals surface area (Å²) < 4.78 is 29.0. The Hall–Kier alpha value is -0.420. The van der Waals surface area contributed by atoms with Crippen LogP contribution in [0.4, 0.5) is 0 Å². The van der Waals surface area contributed by atoms with Gasteiger partial charge in [-0.3, -0.25) is 9.35 Å². The molecule has 0 heterocycles. The van der Waals surface area contributed by atoms with Gasteiger partial charge < -0.3 is 0 Å². The highest BCUT2D eigenvalue weighted by atomic mass is 32.2. The van der Waals surface area contributed by atoms with E-state index in [1.807, 2.05) is 0 Å². The summed E-state index contributed by atoms with van der Waals surface area (Å²) in [7, 11) is -4.00. The van der Waals surface area contributed by atoms with E-state index in [0.717, 1.165) is 0 Å². The van der Waals surface area contributed by atoms with E-state index in [2.05, 4.69) is 0 Å². The predicted molar refractivity (Wildman–Crippen MR) is 40.9 cm³/mol. The first-order valence-corrected chi connectivity index (χ1v) is 4.93. The van der Waals surface area contributed by atoms with Gasteiger partial charge in [0.2, 0.25) is 0 Å². The molecular weight excluding hydrogens is 168 g/mol. The fourth-order valence-corrected chi connectivity index (χ4v) is 1.76. The maximum Gasteiger partial charge on any atom is 0.265 e. The molecular formula is C6H12O4S. The second-order valence-electron chi connectivity index (χ2n) is 2.46. The van der Waals surface area contributed by atoms with E-state index in [0.29, 0.717) is 6.42 Å². The van der Waals surface area contributed by atoms with E-state index in [9.17, 15) is 13.2 Å². The molecule has 11 heavy (non-hydrogen) atoms. The van der Waals surface area contributed by atoms with Crippen molar-refractivity contribution < 1.29 is 17.8 Å². The van der Waals surface area contributed by atoms with E-state index in [1.165, 1.54) is 6.92 Å². The lowest BCUT2D eigenvalue weighted by molar-refractivity contribution is -0.120. The van der Waals surface area contributed by atoms with Crippen molar-refractivity contribution in [2.75, 3.05) is 5.75 Å². The standard InChI is InChI=1S/C6H12O4S/c1-3-6(5(2)7)4-11(8,9)10/h6H,3-4H2,1-2H3,(H,8,9,10). The van der Waals surface area contributed by atoms with Crippen LogP contribution >= 0.6 is 0 Å². The Balaban J connectivity index is 4.22. The Bertz CT molecular complexity index is 229. The summed E-state index contributed by atoms with van der Waals surface area (Å²) in [4.78, 5) is 10.7. The highest BCUT2D eigenvalue weighted by Crippen LogP contribution is 2.06. The molecule has 0 fully saturated rings. The van der Waals surface area contributed by atoms with Gasteiger partial charge in [-0.1, -0.05) is 6.92 Å². The molecule has 0 aliphatic rings. The maximum absolute atomic E-state index is 10.7. The van der Waals surface area contributed by atoms with Gasteiger partial charge in [0.1, 0.15) is 5.78 Å². The van der Waals surface area contributed by atoms with Gasteiger partial charge in [0, 0.05) is 5.92 Å². The van der Waals surface area contributed by atoms with Crippen molar-refractivity contribution in [3.8, 4) is 0 Å². The molecule has 0 rings (SSSR count). The molecule has 0 saturated heterocycles. The molecule has 1 unspecified atom stereocenters. The molecule has 1 atom stereocenters. The van der Waals surface area contributed by atoms with Crippen molar-refractivity contribution in [2.45, 2.75) is 20.3 Å². The lowest BCUT2D eigenvalue weighted by Gasteiger charge is -2.07. The fraction of sp³-hybridized carbons (Fsp3) is 0.833. The van der Waals surface area contributed by atoms with E-state index in [-0.39, 0.29) is 5.78 Å². The number of carbonyl (C=O) groups is 1. The highest BCUT2D eigenvalue weighted by molar-refractivity contribution is 7.85. The summed E-state index contributed by atoms with van der Waals surface area (Å²) in [6.07, 6.45) is 0.440. The molecule has 5 heteroatoms. The molecule has 1 N–H and O–H groups in total. The van der Waals surface area contributed by atoms with Gasteiger partial charge in [-0.25, -0.2) is 0 Å². The highest BCUT2D eigenvalue weighted by Gasteiger charge is 2.18. The minimum atomic E-state index is -4.00. The lowest BCUT2D eigenvalue weighted by atomic mass is 10.1. The van der Waals surface area contributed by atoms with Gasteiger partial charge >= 0.3 is 0 Å². The summed E-state index contributed by atoms with van der Waals surface area (Å²) in [5.41, 5.74) is 0. The minimum Gasteiger partial charge on any atom is -0.300 e. The van der Waals surface area contributed by atoms with Gasteiger partial charge in [-0.05, 0) is 13.3 Å². The van der Waals surface area contributed by atoms with Crippen LogP contribution in [-0.4, -0.2) is 24.5 Å². The van der Waals surface area contributed by atoms with Gasteiger partial charge in [0.25, 0.3) is 10.1 Å². The Morgan fingerprint density at radius 3 is 2.09 bits per heavy atom.